The first-order valence-electron chi connectivity index (χ1n) is 7.56. The van der Waals surface area contributed by atoms with E-state index >= 15 is 0 Å². The molecule has 1 aliphatic rings. The van der Waals surface area contributed by atoms with Crippen molar-refractivity contribution in [1.82, 2.24) is 5.32 Å². The van der Waals surface area contributed by atoms with Crippen LogP contribution in [-0.4, -0.2) is 25.8 Å². The van der Waals surface area contributed by atoms with Gasteiger partial charge in [0.15, 0.2) is 0 Å². The summed E-state index contributed by atoms with van der Waals surface area (Å²) >= 11 is 5.96. The predicted molar refractivity (Wildman–Crippen MR) is 85.4 cm³/mol. The van der Waals surface area contributed by atoms with Crippen molar-refractivity contribution in [2.75, 3.05) is 14.2 Å². The van der Waals surface area contributed by atoms with Crippen LogP contribution in [-0.2, 0) is 11.2 Å². The van der Waals surface area contributed by atoms with Crippen molar-refractivity contribution in [2.24, 2.45) is 5.92 Å². The number of ether oxygens (including phenoxy) is 1. The van der Waals surface area contributed by atoms with Crippen LogP contribution in [0.5, 0.6) is 0 Å². The second-order valence-corrected chi connectivity index (χ2v) is 6.56. The molecule has 1 aromatic rings. The fourth-order valence-electron chi connectivity index (χ4n) is 3.35. The summed E-state index contributed by atoms with van der Waals surface area (Å²) in [5, 5.41) is 4.28. The van der Waals surface area contributed by atoms with E-state index in [-0.39, 0.29) is 5.60 Å². The van der Waals surface area contributed by atoms with Crippen molar-refractivity contribution in [2.45, 2.75) is 50.7 Å². The lowest BCUT2D eigenvalue weighted by atomic mass is 9.74. The molecule has 0 amide bonds. The molecular weight excluding hydrogens is 270 g/mol. The van der Waals surface area contributed by atoms with Crippen LogP contribution in [0.2, 0.25) is 5.02 Å². The molecule has 1 aliphatic carbocycles. The number of halogens is 1. The zero-order valence-corrected chi connectivity index (χ0v) is 13.5. The zero-order valence-electron chi connectivity index (χ0n) is 12.8. The number of likely N-dealkylation sites (N-methyl/N-ethyl adjacent to an activating group) is 1. The summed E-state index contributed by atoms with van der Waals surface area (Å²) in [6, 6.07) is 8.50. The number of hydrogen-bond donors (Lipinski definition) is 1. The predicted octanol–water partition coefficient (Wildman–Crippen LogP) is 4.07. The summed E-state index contributed by atoms with van der Waals surface area (Å²) in [6.07, 6.45) is 5.78. The molecule has 1 saturated carbocycles. The molecule has 1 unspecified atom stereocenters. The van der Waals surface area contributed by atoms with Crippen LogP contribution < -0.4 is 5.32 Å². The van der Waals surface area contributed by atoms with Crippen LogP contribution in [0, 0.1) is 5.92 Å². The normalized spacial score (nSPS) is 28.3. The summed E-state index contributed by atoms with van der Waals surface area (Å²) in [7, 11) is 3.90. The number of rotatable bonds is 5. The van der Waals surface area contributed by atoms with E-state index in [2.05, 4.69) is 24.4 Å². The first kappa shape index (κ1) is 15.8. The minimum Gasteiger partial charge on any atom is -0.377 e. The lowest BCUT2D eigenvalue weighted by molar-refractivity contribution is -0.0730. The van der Waals surface area contributed by atoms with E-state index in [4.69, 9.17) is 16.3 Å². The molecule has 112 valence electrons. The maximum absolute atomic E-state index is 5.99. The van der Waals surface area contributed by atoms with Crippen LogP contribution in [0.3, 0.4) is 0 Å². The first-order valence-corrected chi connectivity index (χ1v) is 7.94. The smallest absolute Gasteiger partial charge is 0.0834 e. The van der Waals surface area contributed by atoms with E-state index in [1.165, 1.54) is 18.4 Å². The van der Waals surface area contributed by atoms with E-state index in [0.717, 1.165) is 30.2 Å². The maximum atomic E-state index is 5.99. The van der Waals surface area contributed by atoms with Crippen molar-refractivity contribution < 1.29 is 4.74 Å². The molecule has 1 aromatic carbocycles. The van der Waals surface area contributed by atoms with Gasteiger partial charge in [-0.15, -0.1) is 0 Å². The minimum atomic E-state index is -0.0269. The third-order valence-electron chi connectivity index (χ3n) is 4.86. The molecule has 2 rings (SSSR count). The lowest BCUT2D eigenvalue weighted by Crippen LogP contribution is -2.54. The third-order valence-corrected chi connectivity index (χ3v) is 5.12. The van der Waals surface area contributed by atoms with Gasteiger partial charge >= 0.3 is 0 Å². The first-order chi connectivity index (χ1) is 9.59. The van der Waals surface area contributed by atoms with E-state index in [0.29, 0.717) is 6.04 Å². The van der Waals surface area contributed by atoms with Crippen LogP contribution in [0.25, 0.3) is 0 Å². The molecule has 2 nitrogen and oxygen atoms in total. The Kier molecular flexibility index (Phi) is 5.48. The summed E-state index contributed by atoms with van der Waals surface area (Å²) in [5.41, 5.74) is 1.28. The maximum Gasteiger partial charge on any atom is 0.0834 e. The highest BCUT2D eigenvalue weighted by atomic mass is 35.5. The van der Waals surface area contributed by atoms with E-state index in [9.17, 15) is 0 Å². The molecule has 0 heterocycles. The van der Waals surface area contributed by atoms with Gasteiger partial charge in [0.05, 0.1) is 5.60 Å². The Balaban J connectivity index is 2.11. The van der Waals surface area contributed by atoms with Crippen molar-refractivity contribution >= 4 is 11.6 Å². The molecule has 1 atom stereocenters. The van der Waals surface area contributed by atoms with Gasteiger partial charge in [0.1, 0.15) is 0 Å². The van der Waals surface area contributed by atoms with Crippen LogP contribution in [0.4, 0.5) is 0 Å². The van der Waals surface area contributed by atoms with Gasteiger partial charge in [-0.05, 0) is 62.8 Å². The molecule has 0 radical (unpaired) electrons. The average Bonchev–Trinajstić information content (AvgIpc) is 2.48. The molecule has 0 spiro atoms. The van der Waals surface area contributed by atoms with Gasteiger partial charge in [-0.1, -0.05) is 30.7 Å². The molecule has 1 N–H and O–H groups in total. The Hall–Kier alpha value is -0.570. The van der Waals surface area contributed by atoms with E-state index in [1.807, 2.05) is 26.3 Å². The highest BCUT2D eigenvalue weighted by molar-refractivity contribution is 6.30. The van der Waals surface area contributed by atoms with Gasteiger partial charge in [0.25, 0.3) is 0 Å². The quantitative estimate of drug-likeness (QED) is 0.884. The number of nitrogens with one attached hydrogen (secondary N) is 1. The number of benzene rings is 1. The standard InChI is InChI=1S/C17H26ClNO/c1-13-8-10-17(20-3,11-9-13)16(19-2)12-14-4-6-15(18)7-5-14/h4-7,13,16,19H,8-12H2,1-3H3. The van der Waals surface area contributed by atoms with Gasteiger partial charge in [-0.3, -0.25) is 0 Å². The van der Waals surface area contributed by atoms with Crippen molar-refractivity contribution in [3.8, 4) is 0 Å². The Morgan fingerprint density at radius 1 is 1.30 bits per heavy atom. The molecule has 0 saturated heterocycles. The Morgan fingerprint density at radius 3 is 2.40 bits per heavy atom. The third kappa shape index (κ3) is 3.55. The Morgan fingerprint density at radius 2 is 1.90 bits per heavy atom. The molecule has 0 aliphatic heterocycles. The van der Waals surface area contributed by atoms with Crippen molar-refractivity contribution in [3.63, 3.8) is 0 Å². The fraction of sp³-hybridized carbons (Fsp3) is 0.647. The highest BCUT2D eigenvalue weighted by Gasteiger charge is 2.40. The molecule has 0 aromatic heterocycles. The van der Waals surface area contributed by atoms with Crippen LogP contribution in [0.15, 0.2) is 24.3 Å². The summed E-state index contributed by atoms with van der Waals surface area (Å²) < 4.78 is 5.99. The lowest BCUT2D eigenvalue weighted by Gasteiger charge is -2.44. The highest BCUT2D eigenvalue weighted by Crippen LogP contribution is 2.37. The molecule has 0 bridgehead atoms. The average molecular weight is 296 g/mol. The van der Waals surface area contributed by atoms with Crippen molar-refractivity contribution in [1.29, 1.82) is 0 Å². The monoisotopic (exact) mass is 295 g/mol. The largest absolute Gasteiger partial charge is 0.377 e. The Labute approximate surface area is 127 Å². The Bertz CT molecular complexity index is 410. The van der Waals surface area contributed by atoms with Crippen LogP contribution >= 0.6 is 11.6 Å². The topological polar surface area (TPSA) is 21.3 Å². The van der Waals surface area contributed by atoms with Gasteiger partial charge in [-0.2, -0.15) is 0 Å². The van der Waals surface area contributed by atoms with Gasteiger partial charge in [0, 0.05) is 18.2 Å². The number of methoxy groups -OCH3 is 1. The summed E-state index contributed by atoms with van der Waals surface area (Å²) in [4.78, 5) is 0. The zero-order chi connectivity index (χ0) is 14.6. The number of hydrogen-bond acceptors (Lipinski definition) is 2. The molecule has 20 heavy (non-hydrogen) atoms. The second kappa shape index (κ2) is 6.93. The van der Waals surface area contributed by atoms with Crippen LogP contribution in [0.1, 0.15) is 38.2 Å². The van der Waals surface area contributed by atoms with E-state index in [1.54, 1.807) is 0 Å². The molecule has 1 fully saturated rings. The second-order valence-electron chi connectivity index (χ2n) is 6.12. The minimum absolute atomic E-state index is 0.0269. The fourth-order valence-corrected chi connectivity index (χ4v) is 3.48. The molecular formula is C17H26ClNO. The van der Waals surface area contributed by atoms with Gasteiger partial charge in [0.2, 0.25) is 0 Å². The summed E-state index contributed by atoms with van der Waals surface area (Å²) in [5.74, 6) is 0.825. The molecule has 3 heteroatoms. The van der Waals surface area contributed by atoms with Gasteiger partial charge < -0.3 is 10.1 Å². The van der Waals surface area contributed by atoms with Crippen molar-refractivity contribution in [3.05, 3.63) is 34.9 Å². The van der Waals surface area contributed by atoms with Gasteiger partial charge in [-0.25, -0.2) is 0 Å². The summed E-state index contributed by atoms with van der Waals surface area (Å²) in [6.45, 7) is 2.34. The SMILES string of the molecule is CNC(Cc1ccc(Cl)cc1)C1(OC)CCC(C)CC1. The van der Waals surface area contributed by atoms with E-state index < -0.39 is 0 Å².